The van der Waals surface area contributed by atoms with E-state index in [1.807, 2.05) is 26.2 Å². The minimum Gasteiger partial charge on any atom is -0.398 e. The van der Waals surface area contributed by atoms with Crippen molar-refractivity contribution in [1.29, 1.82) is 0 Å². The van der Waals surface area contributed by atoms with Gasteiger partial charge in [0.1, 0.15) is 6.23 Å². The van der Waals surface area contributed by atoms with Gasteiger partial charge in [0.25, 0.3) is 0 Å². The van der Waals surface area contributed by atoms with Gasteiger partial charge in [-0.2, -0.15) is 0 Å². The fourth-order valence-electron chi connectivity index (χ4n) is 2.80. The van der Waals surface area contributed by atoms with Crippen molar-refractivity contribution in [3.8, 4) is 0 Å². The van der Waals surface area contributed by atoms with E-state index in [2.05, 4.69) is 15.9 Å². The molecule has 0 radical (unpaired) electrons. The lowest BCUT2D eigenvalue weighted by Crippen LogP contribution is -2.46. The molecule has 2 aliphatic heterocycles. The van der Waals surface area contributed by atoms with Gasteiger partial charge in [-0.05, 0) is 31.3 Å². The molecule has 116 valence electrons. The normalized spacial score (nSPS) is 23.7. The molecule has 0 aliphatic carbocycles. The van der Waals surface area contributed by atoms with Crippen LogP contribution in [-0.2, 0) is 22.8 Å². The van der Waals surface area contributed by atoms with E-state index in [0.717, 1.165) is 38.3 Å². The highest BCUT2D eigenvalue weighted by molar-refractivity contribution is 5.52. The van der Waals surface area contributed by atoms with Gasteiger partial charge in [-0.3, -0.25) is 14.6 Å². The summed E-state index contributed by atoms with van der Waals surface area (Å²) in [4.78, 5) is 16.0. The highest BCUT2D eigenvalue weighted by Gasteiger charge is 2.31. The number of hydroxylamine groups is 2. The van der Waals surface area contributed by atoms with Gasteiger partial charge in [-0.15, -0.1) is 0 Å². The number of nitrogens with two attached hydrogens (primary N) is 1. The first-order valence-corrected chi connectivity index (χ1v) is 7.46. The summed E-state index contributed by atoms with van der Waals surface area (Å²) in [5.74, 6) is 0. The number of nitrogens with zero attached hydrogens (tertiary/aromatic N) is 3. The molecule has 6 heteroatoms. The predicted molar refractivity (Wildman–Crippen MR) is 80.8 cm³/mol. The number of anilines is 1. The molecule has 1 unspecified atom stereocenters. The molecule has 1 atom stereocenters. The Hall–Kier alpha value is -1.18. The van der Waals surface area contributed by atoms with Gasteiger partial charge >= 0.3 is 0 Å². The maximum Gasteiger partial charge on any atom is 0.137 e. The Morgan fingerprint density at radius 1 is 1.33 bits per heavy atom. The maximum atomic E-state index is 6.06. The first-order valence-electron chi connectivity index (χ1n) is 7.46. The van der Waals surface area contributed by atoms with Gasteiger partial charge in [-0.25, -0.2) is 0 Å². The molecule has 0 spiro atoms. The largest absolute Gasteiger partial charge is 0.398 e. The molecular formula is C15H24N4O2. The van der Waals surface area contributed by atoms with E-state index in [1.165, 1.54) is 11.1 Å². The van der Waals surface area contributed by atoms with E-state index in [9.17, 15) is 0 Å². The molecule has 1 fully saturated rings. The standard InChI is InChI=1S/C15H24N4O2/c1-17(2)7-8-19-20-9-6-15(21-19)18-10-12-4-3-5-14(16)13(12)11-18/h3-5,15H,6-11,16H2,1-2H3. The summed E-state index contributed by atoms with van der Waals surface area (Å²) < 4.78 is 0. The smallest absolute Gasteiger partial charge is 0.137 e. The van der Waals surface area contributed by atoms with Crippen LogP contribution in [0.4, 0.5) is 5.69 Å². The lowest BCUT2D eigenvalue weighted by atomic mass is 10.1. The molecule has 0 amide bonds. The van der Waals surface area contributed by atoms with Crippen LogP contribution in [-0.4, -0.2) is 55.0 Å². The second-order valence-electron chi connectivity index (χ2n) is 5.93. The quantitative estimate of drug-likeness (QED) is 0.837. The Kier molecular flexibility index (Phi) is 4.42. The molecule has 2 N–H and O–H groups in total. The minimum atomic E-state index is 0.0627. The minimum absolute atomic E-state index is 0.0627. The summed E-state index contributed by atoms with van der Waals surface area (Å²) in [6, 6.07) is 6.14. The summed E-state index contributed by atoms with van der Waals surface area (Å²) in [6.45, 7) is 4.09. The number of hydrogen-bond donors (Lipinski definition) is 1. The Labute approximate surface area is 125 Å². The zero-order valence-corrected chi connectivity index (χ0v) is 12.8. The summed E-state index contributed by atoms with van der Waals surface area (Å²) in [7, 11) is 4.09. The summed E-state index contributed by atoms with van der Waals surface area (Å²) in [5.41, 5.74) is 9.50. The fourth-order valence-corrected chi connectivity index (χ4v) is 2.80. The molecule has 3 rings (SSSR count). The Morgan fingerprint density at radius 3 is 2.95 bits per heavy atom. The lowest BCUT2D eigenvalue weighted by molar-refractivity contribution is -0.431. The van der Waals surface area contributed by atoms with Gasteiger partial charge in [-0.1, -0.05) is 17.4 Å². The molecule has 1 aromatic rings. The summed E-state index contributed by atoms with van der Waals surface area (Å²) in [6.07, 6.45) is 0.944. The molecule has 1 saturated heterocycles. The number of benzene rings is 1. The van der Waals surface area contributed by atoms with Crippen molar-refractivity contribution < 1.29 is 9.68 Å². The van der Waals surface area contributed by atoms with E-state index in [-0.39, 0.29) is 6.23 Å². The fraction of sp³-hybridized carbons (Fsp3) is 0.600. The molecule has 6 nitrogen and oxygen atoms in total. The van der Waals surface area contributed by atoms with E-state index < -0.39 is 0 Å². The molecule has 0 bridgehead atoms. The zero-order chi connectivity index (χ0) is 14.8. The third-order valence-electron chi connectivity index (χ3n) is 4.02. The Bertz CT molecular complexity index is 495. The van der Waals surface area contributed by atoms with Crippen LogP contribution in [0.2, 0.25) is 0 Å². The molecule has 2 aliphatic rings. The van der Waals surface area contributed by atoms with Crippen LogP contribution in [0.5, 0.6) is 0 Å². The van der Waals surface area contributed by atoms with E-state index in [0.29, 0.717) is 6.61 Å². The number of hydrogen-bond acceptors (Lipinski definition) is 6. The maximum absolute atomic E-state index is 6.06. The molecule has 2 heterocycles. The van der Waals surface area contributed by atoms with Gasteiger partial charge in [0.2, 0.25) is 0 Å². The third kappa shape index (κ3) is 3.36. The predicted octanol–water partition coefficient (Wildman–Crippen LogP) is 1.04. The van der Waals surface area contributed by atoms with Crippen LogP contribution in [0.3, 0.4) is 0 Å². The highest BCUT2D eigenvalue weighted by atomic mass is 17.0. The van der Waals surface area contributed by atoms with E-state index in [4.69, 9.17) is 15.4 Å². The lowest BCUT2D eigenvalue weighted by Gasteiger charge is -2.36. The number of likely N-dealkylation sites (N-methyl/N-ethyl adjacent to an activating group) is 1. The molecule has 0 aromatic heterocycles. The molecule has 21 heavy (non-hydrogen) atoms. The SMILES string of the molecule is CN(C)CCN1OCCC(N2Cc3cccc(N)c3C2)O1. The van der Waals surface area contributed by atoms with Crippen molar-refractivity contribution in [3.05, 3.63) is 29.3 Å². The van der Waals surface area contributed by atoms with E-state index in [1.54, 1.807) is 5.23 Å². The van der Waals surface area contributed by atoms with Crippen molar-refractivity contribution >= 4 is 5.69 Å². The highest BCUT2D eigenvalue weighted by Crippen LogP contribution is 2.31. The summed E-state index contributed by atoms with van der Waals surface area (Å²) in [5, 5.41) is 1.63. The van der Waals surface area contributed by atoms with Crippen LogP contribution >= 0.6 is 0 Å². The van der Waals surface area contributed by atoms with Crippen LogP contribution in [0.25, 0.3) is 0 Å². The van der Waals surface area contributed by atoms with Gasteiger partial charge in [0.05, 0.1) is 13.2 Å². The molecule has 0 saturated carbocycles. The van der Waals surface area contributed by atoms with Gasteiger partial charge < -0.3 is 10.6 Å². The first kappa shape index (κ1) is 14.7. The Balaban J connectivity index is 1.59. The van der Waals surface area contributed by atoms with E-state index >= 15 is 0 Å². The van der Waals surface area contributed by atoms with Crippen LogP contribution in [0.1, 0.15) is 17.5 Å². The van der Waals surface area contributed by atoms with Crippen molar-refractivity contribution in [1.82, 2.24) is 15.0 Å². The molecule has 1 aromatic carbocycles. The average molecular weight is 292 g/mol. The number of fused-ring (bicyclic) bond motifs is 1. The average Bonchev–Trinajstić information content (AvgIpc) is 2.91. The Morgan fingerprint density at radius 2 is 2.19 bits per heavy atom. The van der Waals surface area contributed by atoms with Crippen molar-refractivity contribution in [3.63, 3.8) is 0 Å². The monoisotopic (exact) mass is 292 g/mol. The van der Waals surface area contributed by atoms with Crippen molar-refractivity contribution in [2.45, 2.75) is 25.7 Å². The van der Waals surface area contributed by atoms with Crippen molar-refractivity contribution in [2.75, 3.05) is 39.5 Å². The third-order valence-corrected chi connectivity index (χ3v) is 4.02. The first-order chi connectivity index (χ1) is 10.1. The van der Waals surface area contributed by atoms with Gasteiger partial charge in [0.15, 0.2) is 0 Å². The number of nitrogen functional groups attached to an aromatic ring is 1. The second-order valence-corrected chi connectivity index (χ2v) is 5.93. The molecular weight excluding hydrogens is 268 g/mol. The number of rotatable bonds is 4. The van der Waals surface area contributed by atoms with Crippen LogP contribution < -0.4 is 5.73 Å². The van der Waals surface area contributed by atoms with Crippen LogP contribution in [0.15, 0.2) is 18.2 Å². The zero-order valence-electron chi connectivity index (χ0n) is 12.8. The topological polar surface area (TPSA) is 54.2 Å². The second kappa shape index (κ2) is 6.29. The van der Waals surface area contributed by atoms with Gasteiger partial charge in [0, 0.05) is 31.7 Å². The van der Waals surface area contributed by atoms with Crippen LogP contribution in [0, 0.1) is 0 Å². The van der Waals surface area contributed by atoms with Crippen molar-refractivity contribution in [2.24, 2.45) is 0 Å². The summed E-state index contributed by atoms with van der Waals surface area (Å²) >= 11 is 0.